The third kappa shape index (κ3) is 10.1. The molecule has 6 bridgehead atoms. The first-order chi connectivity index (χ1) is 31.9. The van der Waals surface area contributed by atoms with Gasteiger partial charge in [-0.15, -0.1) is 11.3 Å². The first-order valence-electron chi connectivity index (χ1n) is 23.0. The number of benzene rings is 1. The molecule has 7 rings (SSSR count). The summed E-state index contributed by atoms with van der Waals surface area (Å²) in [7, 11) is 4.61. The standard InChI is InChI=1S/C49H64FN9O7S/c1-11-41(60)55(8)39-25-57(24-34(39)50)48(64)56(9)43(28(3)4)45(61)53-36-22-40-52-37(26-67-40)30-17-18-38-32(21-30)33(44(58(38)12-2)31-15-13-19-51-42(31)29(5)65-10)23-49(6,7)27-66-47(63)35-16-14-20-59(54-35)46(36)62/h11,13,15,17-19,21,26,28-29,34-36,39,43,54H,1,12,14,16,20,22-25,27H2,2-10H3,(H,53,61)/t29-,34+,35?,36-,39-,43-/m0/s1. The Morgan fingerprint density at radius 3 is 2.63 bits per heavy atom. The number of nitrogens with zero attached hydrogens (tertiary/aromatic N) is 7. The van der Waals surface area contributed by atoms with Gasteiger partial charge in [-0.05, 0) is 74.9 Å². The van der Waals surface area contributed by atoms with Crippen LogP contribution in [0.15, 0.2) is 54.6 Å². The van der Waals surface area contributed by atoms with Crippen molar-refractivity contribution in [3.8, 4) is 22.5 Å². The lowest BCUT2D eigenvalue weighted by Crippen LogP contribution is -2.62. The number of aromatic nitrogens is 3. The summed E-state index contributed by atoms with van der Waals surface area (Å²) in [5.74, 6) is -2.44. The number of cyclic esters (lactones) is 1. The van der Waals surface area contributed by atoms with Gasteiger partial charge in [0.15, 0.2) is 0 Å². The molecule has 18 heteroatoms. The predicted octanol–water partition coefficient (Wildman–Crippen LogP) is 5.95. The molecule has 1 unspecified atom stereocenters. The van der Waals surface area contributed by atoms with Gasteiger partial charge in [-0.25, -0.2) is 19.6 Å². The number of likely N-dealkylation sites (tertiary alicyclic amines) is 1. The van der Waals surface area contributed by atoms with Gasteiger partial charge < -0.3 is 34.1 Å². The fraction of sp³-hybridized carbons (Fsp3) is 0.531. The predicted molar refractivity (Wildman–Crippen MR) is 254 cm³/mol. The smallest absolute Gasteiger partial charge is 0.324 e. The Balaban J connectivity index is 1.25. The molecule has 3 aliphatic heterocycles. The van der Waals surface area contributed by atoms with Crippen molar-refractivity contribution in [3.63, 3.8) is 0 Å². The number of urea groups is 1. The highest BCUT2D eigenvalue weighted by Gasteiger charge is 2.43. The number of thiazole rings is 1. The van der Waals surface area contributed by atoms with Gasteiger partial charge in [0.25, 0.3) is 5.91 Å². The van der Waals surface area contributed by atoms with Crippen molar-refractivity contribution in [2.75, 3.05) is 47.4 Å². The van der Waals surface area contributed by atoms with E-state index in [1.165, 1.54) is 45.1 Å². The van der Waals surface area contributed by atoms with Crippen LogP contribution in [0.1, 0.15) is 76.8 Å². The van der Waals surface area contributed by atoms with Gasteiger partial charge in [-0.1, -0.05) is 40.3 Å². The van der Waals surface area contributed by atoms with Crippen molar-refractivity contribution in [1.82, 2.24) is 45.0 Å². The molecule has 4 aromatic rings. The summed E-state index contributed by atoms with van der Waals surface area (Å²) in [6.45, 7) is 16.0. The molecular formula is C49H64FN9O7S. The SMILES string of the molecule is C=CC(=O)N(C)[C@H]1CN(C(=O)N(C)[C@H](C(=O)N[C@H]2Cc3nc(cs3)-c3ccc4c(c3)c(c(-c3cccnc3[C@H](C)OC)n4CC)CC(C)(C)COC(=O)C3CCCN(N3)C2=O)C(C)C)C[C@H]1F. The molecule has 2 fully saturated rings. The van der Waals surface area contributed by atoms with Crippen LogP contribution in [0.4, 0.5) is 9.18 Å². The minimum absolute atomic E-state index is 0.0194. The molecule has 1 aromatic carbocycles. The number of methoxy groups -OCH3 is 1. The highest BCUT2D eigenvalue weighted by Crippen LogP contribution is 2.42. The number of carbonyl (C=O) groups excluding carboxylic acids is 5. The van der Waals surface area contributed by atoms with E-state index in [1.54, 1.807) is 27.2 Å². The van der Waals surface area contributed by atoms with Gasteiger partial charge in [0.05, 0.1) is 47.4 Å². The number of hydrogen-bond donors (Lipinski definition) is 2. The maximum Gasteiger partial charge on any atom is 0.324 e. The van der Waals surface area contributed by atoms with E-state index in [9.17, 15) is 24.0 Å². The molecule has 0 spiro atoms. The molecule has 3 aliphatic rings. The van der Waals surface area contributed by atoms with E-state index in [-0.39, 0.29) is 38.8 Å². The second kappa shape index (κ2) is 20.2. The summed E-state index contributed by atoms with van der Waals surface area (Å²) >= 11 is 1.37. The number of carbonyl (C=O) groups is 5. The zero-order chi connectivity index (χ0) is 48.5. The molecule has 0 aliphatic carbocycles. The van der Waals surface area contributed by atoms with Crippen molar-refractivity contribution in [2.45, 2.75) is 110 Å². The summed E-state index contributed by atoms with van der Waals surface area (Å²) in [6.07, 6.45) is 2.62. The third-order valence-corrected chi connectivity index (χ3v) is 14.2. The number of nitrogens with one attached hydrogen (secondary N) is 2. The number of rotatable bonds is 10. The number of hydrazine groups is 1. The van der Waals surface area contributed by atoms with Crippen molar-refractivity contribution in [1.29, 1.82) is 0 Å². The van der Waals surface area contributed by atoms with Gasteiger partial charge >= 0.3 is 12.0 Å². The maximum absolute atomic E-state index is 15.3. The molecular weight excluding hydrogens is 878 g/mol. The van der Waals surface area contributed by atoms with Gasteiger partial charge in [-0.3, -0.25) is 29.2 Å². The van der Waals surface area contributed by atoms with E-state index in [0.717, 1.165) is 45.1 Å². The number of pyridine rings is 1. The van der Waals surface area contributed by atoms with E-state index < -0.39 is 71.4 Å². The molecule has 5 amide bonds. The van der Waals surface area contributed by atoms with Gasteiger partial charge in [0.1, 0.15) is 24.3 Å². The summed E-state index contributed by atoms with van der Waals surface area (Å²) in [5, 5.41) is 7.89. The summed E-state index contributed by atoms with van der Waals surface area (Å²) in [5.41, 5.74) is 9.05. The molecule has 2 saturated heterocycles. The quantitative estimate of drug-likeness (QED) is 0.143. The van der Waals surface area contributed by atoms with E-state index in [4.69, 9.17) is 19.4 Å². The minimum Gasteiger partial charge on any atom is -0.464 e. The van der Waals surface area contributed by atoms with Crippen LogP contribution in [0.2, 0.25) is 0 Å². The van der Waals surface area contributed by atoms with Crippen LogP contribution >= 0.6 is 11.3 Å². The zero-order valence-electron chi connectivity index (χ0n) is 40.0. The zero-order valence-corrected chi connectivity index (χ0v) is 40.8. The summed E-state index contributed by atoms with van der Waals surface area (Å²) < 4.78 is 29.5. The number of aryl methyl sites for hydroxylation is 1. The number of amides is 5. The van der Waals surface area contributed by atoms with E-state index >= 15 is 4.39 Å². The Bertz CT molecular complexity index is 2520. The highest BCUT2D eigenvalue weighted by molar-refractivity contribution is 7.10. The monoisotopic (exact) mass is 941 g/mol. The van der Waals surface area contributed by atoms with E-state index in [0.29, 0.717) is 36.5 Å². The molecule has 360 valence electrons. The molecule has 6 atom stereocenters. The lowest BCUT2D eigenvalue weighted by atomic mass is 9.84. The Morgan fingerprint density at radius 2 is 1.93 bits per heavy atom. The maximum atomic E-state index is 15.3. The fourth-order valence-corrected chi connectivity index (χ4v) is 10.5. The van der Waals surface area contributed by atoms with Crippen LogP contribution in [0.3, 0.4) is 0 Å². The van der Waals surface area contributed by atoms with Crippen LogP contribution in [0.25, 0.3) is 33.4 Å². The number of hydrogen-bond acceptors (Lipinski definition) is 11. The average molecular weight is 942 g/mol. The number of esters is 1. The van der Waals surface area contributed by atoms with Crippen molar-refractivity contribution >= 4 is 52.0 Å². The number of alkyl halides is 1. The van der Waals surface area contributed by atoms with Gasteiger partial charge in [0, 0.05) is 86.3 Å². The lowest BCUT2D eigenvalue weighted by molar-refractivity contribution is -0.155. The molecule has 3 aromatic heterocycles. The van der Waals surface area contributed by atoms with Crippen LogP contribution in [0, 0.1) is 11.3 Å². The number of fused-ring (bicyclic) bond motifs is 6. The highest BCUT2D eigenvalue weighted by atomic mass is 32.1. The van der Waals surface area contributed by atoms with Gasteiger partial charge in [-0.2, -0.15) is 0 Å². The summed E-state index contributed by atoms with van der Waals surface area (Å²) in [4.78, 5) is 82.9. The first-order valence-corrected chi connectivity index (χ1v) is 23.9. The Morgan fingerprint density at radius 1 is 1.16 bits per heavy atom. The van der Waals surface area contributed by atoms with Crippen molar-refractivity contribution < 1.29 is 37.8 Å². The molecule has 6 heterocycles. The Labute approximate surface area is 395 Å². The minimum atomic E-state index is -1.50. The molecule has 16 nitrogen and oxygen atoms in total. The van der Waals surface area contributed by atoms with Gasteiger partial charge in [0.2, 0.25) is 11.8 Å². The van der Waals surface area contributed by atoms with E-state index in [2.05, 4.69) is 60.9 Å². The van der Waals surface area contributed by atoms with Crippen molar-refractivity contribution in [3.05, 3.63) is 70.8 Å². The first kappa shape index (κ1) is 49.2. The largest absolute Gasteiger partial charge is 0.464 e. The second-order valence-corrected chi connectivity index (χ2v) is 19.9. The molecule has 0 radical (unpaired) electrons. The van der Waals surface area contributed by atoms with Crippen LogP contribution in [-0.2, 0) is 48.0 Å². The third-order valence-electron chi connectivity index (χ3n) is 13.3. The number of halogens is 1. The Kier molecular flexibility index (Phi) is 14.9. The normalized spacial score (nSPS) is 22.0. The molecule has 2 N–H and O–H groups in total. The van der Waals surface area contributed by atoms with Crippen molar-refractivity contribution in [2.24, 2.45) is 11.3 Å². The topological polar surface area (TPSA) is 172 Å². The average Bonchev–Trinajstić information content (AvgIpc) is 4.03. The number of likely N-dealkylation sites (N-methyl/N-ethyl adjacent to an activating group) is 2. The van der Waals surface area contributed by atoms with Crippen LogP contribution in [-0.4, -0.2) is 142 Å². The van der Waals surface area contributed by atoms with E-state index in [1.807, 2.05) is 24.4 Å². The number of ether oxygens (including phenoxy) is 2. The lowest BCUT2D eigenvalue weighted by Gasteiger charge is -2.37. The summed E-state index contributed by atoms with van der Waals surface area (Å²) in [6, 6.07) is 5.80. The van der Waals surface area contributed by atoms with Crippen LogP contribution < -0.4 is 10.7 Å². The van der Waals surface area contributed by atoms with Crippen LogP contribution in [0.5, 0.6) is 0 Å². The second-order valence-electron chi connectivity index (χ2n) is 19.0. The molecule has 67 heavy (non-hydrogen) atoms. The fourth-order valence-electron chi connectivity index (χ4n) is 9.66. The Hall–Kier alpha value is -5.72. The molecule has 0 saturated carbocycles.